The molecule has 4 heteroatoms. The number of hydrogen-bond donors (Lipinski definition) is 0. The lowest BCUT2D eigenvalue weighted by molar-refractivity contribution is -0.134. The molecule has 0 aliphatic heterocycles. The molecule has 1 aromatic heterocycles. The van der Waals surface area contributed by atoms with Crippen LogP contribution in [-0.4, -0.2) is 16.3 Å². The lowest BCUT2D eigenvalue weighted by Gasteiger charge is -2.09. The first kappa shape index (κ1) is 20.8. The van der Waals surface area contributed by atoms with E-state index < -0.39 is 0 Å². The summed E-state index contributed by atoms with van der Waals surface area (Å²) in [5.41, 5.74) is 2.33. The van der Waals surface area contributed by atoms with E-state index >= 15 is 0 Å². The van der Waals surface area contributed by atoms with Gasteiger partial charge in [0.25, 0.3) is 0 Å². The minimum absolute atomic E-state index is 0.00000104. The second-order valence-corrected chi connectivity index (χ2v) is 7.45. The van der Waals surface area contributed by atoms with Crippen LogP contribution in [0.5, 0.6) is 5.75 Å². The van der Waals surface area contributed by atoms with Crippen molar-refractivity contribution in [3.8, 4) is 11.4 Å². The van der Waals surface area contributed by atoms with Crippen molar-refractivity contribution in [1.29, 1.82) is 0 Å². The van der Waals surface area contributed by atoms with Crippen LogP contribution in [0.4, 0.5) is 0 Å². The first-order valence-electron chi connectivity index (χ1n) is 10.5. The molecule has 1 heterocycles. The maximum absolute atomic E-state index is 12.4. The number of para-hydroxylation sites is 2. The number of fused-ring (bicyclic) bond motifs is 1. The molecule has 4 nitrogen and oxygen atoms in total. The number of hydrogen-bond acceptors (Lipinski definition) is 3. The Bertz CT molecular complexity index is 987. The Balaban J connectivity index is 1.79. The molecule has 3 rings (SSSR count). The van der Waals surface area contributed by atoms with Gasteiger partial charge in [-0.3, -0.25) is 9.59 Å². The Morgan fingerprint density at radius 2 is 1.59 bits per heavy atom. The predicted octanol–water partition coefficient (Wildman–Crippen LogP) is 6.49. The lowest BCUT2D eigenvalue weighted by atomic mass is 10.1. The van der Waals surface area contributed by atoms with E-state index in [0.717, 1.165) is 29.4 Å². The molecule has 29 heavy (non-hydrogen) atoms. The van der Waals surface area contributed by atoms with Gasteiger partial charge in [0, 0.05) is 17.4 Å². The zero-order valence-electron chi connectivity index (χ0n) is 17.3. The summed E-state index contributed by atoms with van der Waals surface area (Å²) in [7, 11) is 0. The third-order valence-corrected chi connectivity index (χ3v) is 5.18. The average molecular weight is 392 g/mol. The zero-order chi connectivity index (χ0) is 20.6. The Hall–Kier alpha value is -2.88. The SMILES string of the molecule is CCCCCCCCC(=O)Oc1cn(-c2ccccc2C(C)=O)c2ccccc12. The third kappa shape index (κ3) is 5.14. The van der Waals surface area contributed by atoms with Crippen molar-refractivity contribution in [2.24, 2.45) is 0 Å². The van der Waals surface area contributed by atoms with Crippen molar-refractivity contribution in [3.63, 3.8) is 0 Å². The topological polar surface area (TPSA) is 48.3 Å². The Morgan fingerprint density at radius 3 is 2.38 bits per heavy atom. The summed E-state index contributed by atoms with van der Waals surface area (Å²) in [6.45, 7) is 3.76. The normalized spacial score (nSPS) is 11.0. The number of ether oxygens (including phenoxy) is 1. The number of esters is 1. The first-order valence-corrected chi connectivity index (χ1v) is 10.5. The highest BCUT2D eigenvalue weighted by Crippen LogP contribution is 2.32. The molecule has 0 saturated heterocycles. The number of carbonyl (C=O) groups excluding carboxylic acids is 2. The molecule has 2 aromatic carbocycles. The second kappa shape index (κ2) is 10.1. The van der Waals surface area contributed by atoms with Gasteiger partial charge in [-0.05, 0) is 37.6 Å². The minimum atomic E-state index is -0.205. The highest BCUT2D eigenvalue weighted by Gasteiger charge is 2.16. The minimum Gasteiger partial charge on any atom is -0.424 e. The molecule has 0 unspecified atom stereocenters. The van der Waals surface area contributed by atoms with E-state index in [0.29, 0.717) is 17.7 Å². The van der Waals surface area contributed by atoms with Crippen LogP contribution in [0.1, 0.15) is 69.2 Å². The first-order chi connectivity index (χ1) is 14.1. The van der Waals surface area contributed by atoms with E-state index in [4.69, 9.17) is 4.74 Å². The quantitative estimate of drug-likeness (QED) is 0.225. The van der Waals surface area contributed by atoms with Gasteiger partial charge >= 0.3 is 5.97 Å². The van der Waals surface area contributed by atoms with Crippen molar-refractivity contribution in [2.45, 2.75) is 58.8 Å². The fraction of sp³-hybridized carbons (Fsp3) is 0.360. The maximum Gasteiger partial charge on any atom is 0.311 e. The standard InChI is InChI=1S/C25H29NO3/c1-3-4-5-6-7-8-17-25(28)29-24-18-26(23-16-12-10-14-21(23)24)22-15-11-9-13-20(22)19(2)27/h9-16,18H,3-8,17H2,1-2H3. The number of nitrogens with zero attached hydrogens (tertiary/aromatic N) is 1. The molecule has 0 N–H and O–H groups in total. The molecule has 0 spiro atoms. The van der Waals surface area contributed by atoms with Crippen LogP contribution in [0, 0.1) is 0 Å². The maximum atomic E-state index is 12.4. The highest BCUT2D eigenvalue weighted by atomic mass is 16.5. The summed E-state index contributed by atoms with van der Waals surface area (Å²) in [6, 6.07) is 15.3. The third-order valence-electron chi connectivity index (χ3n) is 5.18. The number of carbonyl (C=O) groups is 2. The van der Waals surface area contributed by atoms with Crippen molar-refractivity contribution >= 4 is 22.7 Å². The number of aromatic nitrogens is 1. The lowest BCUT2D eigenvalue weighted by Crippen LogP contribution is -2.07. The Labute approximate surface area is 172 Å². The average Bonchev–Trinajstić information content (AvgIpc) is 3.09. The van der Waals surface area contributed by atoms with Crippen molar-refractivity contribution in [3.05, 3.63) is 60.3 Å². The number of Topliss-reactive ketones (excluding diaryl/α,β-unsaturated/α-hetero) is 1. The van der Waals surface area contributed by atoms with Crippen LogP contribution in [-0.2, 0) is 4.79 Å². The Morgan fingerprint density at radius 1 is 0.897 bits per heavy atom. The second-order valence-electron chi connectivity index (χ2n) is 7.45. The van der Waals surface area contributed by atoms with Gasteiger partial charge in [0.1, 0.15) is 0 Å². The van der Waals surface area contributed by atoms with Crippen LogP contribution in [0.2, 0.25) is 0 Å². The van der Waals surface area contributed by atoms with Gasteiger partial charge in [-0.2, -0.15) is 0 Å². The van der Waals surface area contributed by atoms with Crippen LogP contribution in [0.25, 0.3) is 16.6 Å². The van der Waals surface area contributed by atoms with Crippen LogP contribution < -0.4 is 4.74 Å². The van der Waals surface area contributed by atoms with Crippen molar-refractivity contribution < 1.29 is 14.3 Å². The molecule has 0 radical (unpaired) electrons. The smallest absolute Gasteiger partial charge is 0.311 e. The summed E-state index contributed by atoms with van der Waals surface area (Å²) in [6.07, 6.45) is 9.03. The molecule has 0 atom stereocenters. The molecular formula is C25H29NO3. The summed E-state index contributed by atoms with van der Waals surface area (Å²) in [4.78, 5) is 24.5. The van der Waals surface area contributed by atoms with Gasteiger partial charge in [0.05, 0.1) is 17.4 Å². The van der Waals surface area contributed by atoms with Crippen molar-refractivity contribution in [1.82, 2.24) is 4.57 Å². The van der Waals surface area contributed by atoms with E-state index in [1.54, 1.807) is 6.92 Å². The van der Waals surface area contributed by atoms with Crippen LogP contribution in [0.15, 0.2) is 54.7 Å². The molecule has 152 valence electrons. The van der Waals surface area contributed by atoms with E-state index in [-0.39, 0.29) is 11.8 Å². The molecule has 0 fully saturated rings. The van der Waals surface area contributed by atoms with E-state index in [2.05, 4.69) is 6.92 Å². The molecule has 0 bridgehead atoms. The van der Waals surface area contributed by atoms with Gasteiger partial charge in [-0.25, -0.2) is 0 Å². The van der Waals surface area contributed by atoms with Gasteiger partial charge in [0.2, 0.25) is 0 Å². The number of unbranched alkanes of at least 4 members (excludes halogenated alkanes) is 5. The monoisotopic (exact) mass is 391 g/mol. The van der Waals surface area contributed by atoms with E-state index in [1.807, 2.05) is 59.3 Å². The van der Waals surface area contributed by atoms with Gasteiger partial charge in [0.15, 0.2) is 11.5 Å². The Kier molecular flexibility index (Phi) is 7.23. The van der Waals surface area contributed by atoms with Crippen molar-refractivity contribution in [2.75, 3.05) is 0 Å². The summed E-state index contributed by atoms with van der Waals surface area (Å²) in [5.74, 6) is 0.332. The largest absolute Gasteiger partial charge is 0.424 e. The van der Waals surface area contributed by atoms with Gasteiger partial charge < -0.3 is 9.30 Å². The fourth-order valence-electron chi connectivity index (χ4n) is 3.63. The van der Waals surface area contributed by atoms with Gasteiger partial charge in [-0.1, -0.05) is 63.3 Å². The molecule has 0 aliphatic rings. The van der Waals surface area contributed by atoms with Gasteiger partial charge in [-0.15, -0.1) is 0 Å². The molecule has 0 amide bonds. The van der Waals surface area contributed by atoms with E-state index in [9.17, 15) is 9.59 Å². The molecule has 0 aliphatic carbocycles. The molecule has 3 aromatic rings. The fourth-order valence-corrected chi connectivity index (χ4v) is 3.63. The zero-order valence-corrected chi connectivity index (χ0v) is 17.3. The molecular weight excluding hydrogens is 362 g/mol. The number of rotatable bonds is 10. The summed E-state index contributed by atoms with van der Waals surface area (Å²) in [5, 5.41) is 0.863. The van der Waals surface area contributed by atoms with Crippen LogP contribution in [0.3, 0.4) is 0 Å². The molecule has 0 saturated carbocycles. The summed E-state index contributed by atoms with van der Waals surface area (Å²) >= 11 is 0. The van der Waals surface area contributed by atoms with E-state index in [1.165, 1.54) is 25.7 Å². The number of benzene rings is 2. The number of ketones is 1. The predicted molar refractivity (Wildman–Crippen MR) is 117 cm³/mol. The highest BCUT2D eigenvalue weighted by molar-refractivity contribution is 5.99. The van der Waals surface area contributed by atoms with Crippen LogP contribution >= 0.6 is 0 Å². The summed E-state index contributed by atoms with van der Waals surface area (Å²) < 4.78 is 7.64.